The molecule has 1 aliphatic rings. The summed E-state index contributed by atoms with van der Waals surface area (Å²) in [5.41, 5.74) is 1.42. The third kappa shape index (κ3) is 3.66. The maximum absolute atomic E-state index is 12.6. The average Bonchev–Trinajstić information content (AvgIpc) is 3.22. The van der Waals surface area contributed by atoms with E-state index >= 15 is 0 Å². The summed E-state index contributed by atoms with van der Waals surface area (Å²) < 4.78 is 7.40. The standard InChI is InChI=1S/C21H24N4O2/c1-27-20-9-8-15-5-2-3-7-17(15)18(20)14-23-21(26)19-10-12-25(24-19)16-6-4-11-22-13-16/h2-3,5,7-10,12,16,22H,4,6,11,13-14H2,1H3,(H,23,26). The average molecular weight is 364 g/mol. The van der Waals surface area contributed by atoms with E-state index in [1.54, 1.807) is 13.2 Å². The first kappa shape index (κ1) is 17.5. The second kappa shape index (κ2) is 7.80. The van der Waals surface area contributed by atoms with E-state index in [1.165, 1.54) is 0 Å². The number of fused-ring (bicyclic) bond motifs is 1. The largest absolute Gasteiger partial charge is 0.496 e. The predicted octanol–water partition coefficient (Wildman–Crippen LogP) is 2.90. The second-order valence-electron chi connectivity index (χ2n) is 6.83. The van der Waals surface area contributed by atoms with E-state index < -0.39 is 0 Å². The molecule has 6 heteroatoms. The van der Waals surface area contributed by atoms with Gasteiger partial charge in [0.2, 0.25) is 0 Å². The number of hydrogen-bond donors (Lipinski definition) is 2. The summed E-state index contributed by atoms with van der Waals surface area (Å²) in [4.78, 5) is 12.6. The molecule has 1 saturated heterocycles. The van der Waals surface area contributed by atoms with Gasteiger partial charge in [-0.25, -0.2) is 0 Å². The molecular weight excluding hydrogens is 340 g/mol. The Morgan fingerprint density at radius 3 is 3.00 bits per heavy atom. The molecule has 1 amide bonds. The monoisotopic (exact) mass is 364 g/mol. The molecular formula is C21H24N4O2. The van der Waals surface area contributed by atoms with Gasteiger partial charge in [0.05, 0.1) is 13.2 Å². The van der Waals surface area contributed by atoms with E-state index in [9.17, 15) is 4.79 Å². The first-order valence-electron chi connectivity index (χ1n) is 9.35. The van der Waals surface area contributed by atoms with Crippen LogP contribution in [0.3, 0.4) is 0 Å². The Labute approximate surface area is 158 Å². The van der Waals surface area contributed by atoms with Crippen molar-refractivity contribution in [1.82, 2.24) is 20.4 Å². The summed E-state index contributed by atoms with van der Waals surface area (Å²) in [6, 6.07) is 14.2. The van der Waals surface area contributed by atoms with Crippen LogP contribution in [0.25, 0.3) is 10.8 Å². The predicted molar refractivity (Wildman–Crippen MR) is 105 cm³/mol. The molecule has 140 valence electrons. The van der Waals surface area contributed by atoms with Crippen LogP contribution < -0.4 is 15.4 Å². The third-order valence-electron chi connectivity index (χ3n) is 5.13. The Kier molecular flexibility index (Phi) is 5.07. The zero-order valence-corrected chi connectivity index (χ0v) is 15.4. The SMILES string of the molecule is COc1ccc2ccccc2c1CNC(=O)c1ccn(C2CCCNC2)n1. The maximum atomic E-state index is 12.6. The van der Waals surface area contributed by atoms with Gasteiger partial charge >= 0.3 is 0 Å². The van der Waals surface area contributed by atoms with E-state index in [0.29, 0.717) is 18.3 Å². The topological polar surface area (TPSA) is 68.2 Å². The van der Waals surface area contributed by atoms with Gasteiger partial charge in [0, 0.05) is 24.8 Å². The van der Waals surface area contributed by atoms with Crippen molar-refractivity contribution in [2.75, 3.05) is 20.2 Å². The minimum atomic E-state index is -0.174. The molecule has 1 unspecified atom stereocenters. The van der Waals surface area contributed by atoms with Crippen molar-refractivity contribution in [1.29, 1.82) is 0 Å². The second-order valence-corrected chi connectivity index (χ2v) is 6.83. The van der Waals surface area contributed by atoms with Gasteiger partial charge in [-0.15, -0.1) is 0 Å². The molecule has 1 aliphatic heterocycles. The quantitative estimate of drug-likeness (QED) is 0.730. The lowest BCUT2D eigenvalue weighted by Gasteiger charge is -2.22. The lowest BCUT2D eigenvalue weighted by molar-refractivity contribution is 0.0944. The lowest BCUT2D eigenvalue weighted by atomic mass is 10.0. The molecule has 4 rings (SSSR count). The molecule has 1 fully saturated rings. The van der Waals surface area contributed by atoms with Crippen LogP contribution in [-0.4, -0.2) is 35.9 Å². The van der Waals surface area contributed by atoms with E-state index in [2.05, 4.69) is 21.8 Å². The van der Waals surface area contributed by atoms with Crippen LogP contribution >= 0.6 is 0 Å². The van der Waals surface area contributed by atoms with Crippen molar-refractivity contribution in [2.24, 2.45) is 0 Å². The normalized spacial score (nSPS) is 17.0. The van der Waals surface area contributed by atoms with Gasteiger partial charge in [-0.3, -0.25) is 9.48 Å². The molecule has 27 heavy (non-hydrogen) atoms. The molecule has 1 atom stereocenters. The molecule has 0 aliphatic carbocycles. The van der Waals surface area contributed by atoms with Crippen LogP contribution in [0.5, 0.6) is 5.75 Å². The number of ether oxygens (including phenoxy) is 1. The Bertz CT molecular complexity index is 944. The fourth-order valence-corrected chi connectivity index (χ4v) is 3.67. The van der Waals surface area contributed by atoms with Crippen LogP contribution in [0.1, 0.15) is 34.9 Å². The van der Waals surface area contributed by atoms with Crippen molar-refractivity contribution in [3.63, 3.8) is 0 Å². The van der Waals surface area contributed by atoms with E-state index in [1.807, 2.05) is 41.2 Å². The smallest absolute Gasteiger partial charge is 0.272 e. The number of piperidine rings is 1. The number of carbonyl (C=O) groups is 1. The molecule has 6 nitrogen and oxygen atoms in total. The molecule has 2 N–H and O–H groups in total. The van der Waals surface area contributed by atoms with Crippen molar-refractivity contribution < 1.29 is 9.53 Å². The fraction of sp³-hybridized carbons (Fsp3) is 0.333. The number of nitrogens with one attached hydrogen (secondary N) is 2. The van der Waals surface area contributed by atoms with Crippen LogP contribution in [-0.2, 0) is 6.54 Å². The number of hydrogen-bond acceptors (Lipinski definition) is 4. The first-order valence-corrected chi connectivity index (χ1v) is 9.35. The fourth-order valence-electron chi connectivity index (χ4n) is 3.67. The Morgan fingerprint density at radius 2 is 2.19 bits per heavy atom. The molecule has 0 bridgehead atoms. The number of methoxy groups -OCH3 is 1. The summed E-state index contributed by atoms with van der Waals surface area (Å²) in [5.74, 6) is 0.598. The summed E-state index contributed by atoms with van der Waals surface area (Å²) >= 11 is 0. The van der Waals surface area contributed by atoms with Crippen LogP contribution in [0, 0.1) is 0 Å². The van der Waals surface area contributed by atoms with Gasteiger partial charge in [0.15, 0.2) is 0 Å². The molecule has 2 aromatic carbocycles. The van der Waals surface area contributed by atoms with Crippen molar-refractivity contribution in [2.45, 2.75) is 25.4 Å². The van der Waals surface area contributed by atoms with Gasteiger partial charge in [0.25, 0.3) is 5.91 Å². The van der Waals surface area contributed by atoms with Gasteiger partial charge in [-0.2, -0.15) is 5.10 Å². The maximum Gasteiger partial charge on any atom is 0.272 e. The molecule has 3 aromatic rings. The minimum absolute atomic E-state index is 0.174. The lowest BCUT2D eigenvalue weighted by Crippen LogP contribution is -2.32. The zero-order valence-electron chi connectivity index (χ0n) is 15.4. The highest BCUT2D eigenvalue weighted by atomic mass is 16.5. The highest BCUT2D eigenvalue weighted by molar-refractivity contribution is 5.93. The van der Waals surface area contributed by atoms with Crippen LogP contribution in [0.15, 0.2) is 48.7 Å². The first-order chi connectivity index (χ1) is 13.3. The summed E-state index contributed by atoms with van der Waals surface area (Å²) in [5, 5.41) is 13.0. The van der Waals surface area contributed by atoms with Crippen molar-refractivity contribution in [3.05, 3.63) is 59.9 Å². The number of nitrogens with zero attached hydrogens (tertiary/aromatic N) is 2. The minimum Gasteiger partial charge on any atom is -0.496 e. The van der Waals surface area contributed by atoms with E-state index in [0.717, 1.165) is 48.0 Å². The number of amides is 1. The molecule has 0 saturated carbocycles. The van der Waals surface area contributed by atoms with Crippen LogP contribution in [0.2, 0.25) is 0 Å². The van der Waals surface area contributed by atoms with Crippen molar-refractivity contribution in [3.8, 4) is 5.75 Å². The highest BCUT2D eigenvalue weighted by Gasteiger charge is 2.18. The Balaban J connectivity index is 1.50. The Hall–Kier alpha value is -2.86. The summed E-state index contributed by atoms with van der Waals surface area (Å²) in [7, 11) is 1.65. The van der Waals surface area contributed by atoms with E-state index in [-0.39, 0.29) is 5.91 Å². The number of carbonyl (C=O) groups excluding carboxylic acids is 1. The van der Waals surface area contributed by atoms with Gasteiger partial charge < -0.3 is 15.4 Å². The van der Waals surface area contributed by atoms with Gasteiger partial charge in [-0.1, -0.05) is 30.3 Å². The molecule has 0 spiro atoms. The van der Waals surface area contributed by atoms with E-state index in [4.69, 9.17) is 4.74 Å². The molecule has 1 aromatic heterocycles. The van der Waals surface area contributed by atoms with Gasteiger partial charge in [0.1, 0.15) is 11.4 Å². The third-order valence-corrected chi connectivity index (χ3v) is 5.13. The number of rotatable bonds is 5. The molecule has 2 heterocycles. The molecule has 0 radical (unpaired) electrons. The van der Waals surface area contributed by atoms with Gasteiger partial charge in [-0.05, 0) is 42.3 Å². The highest BCUT2D eigenvalue weighted by Crippen LogP contribution is 2.27. The number of benzene rings is 2. The van der Waals surface area contributed by atoms with Crippen molar-refractivity contribution >= 4 is 16.7 Å². The zero-order chi connectivity index (χ0) is 18.6. The van der Waals surface area contributed by atoms with Crippen LogP contribution in [0.4, 0.5) is 0 Å². The Morgan fingerprint density at radius 1 is 1.30 bits per heavy atom. The summed E-state index contributed by atoms with van der Waals surface area (Å²) in [6.45, 7) is 2.34. The summed E-state index contributed by atoms with van der Waals surface area (Å²) in [6.07, 6.45) is 4.11. The number of aromatic nitrogens is 2.